The number of aliphatic hydroxyl groups is 1. The lowest BCUT2D eigenvalue weighted by molar-refractivity contribution is 0.317. The van der Waals surface area contributed by atoms with Gasteiger partial charge in [0.2, 0.25) is 0 Å². The van der Waals surface area contributed by atoms with E-state index in [2.05, 4.69) is 6.92 Å². The maximum atomic E-state index is 8.59. The van der Waals surface area contributed by atoms with Crippen molar-refractivity contribution < 1.29 is 9.84 Å². The zero-order valence-corrected chi connectivity index (χ0v) is 8.44. The van der Waals surface area contributed by atoms with E-state index >= 15 is 0 Å². The van der Waals surface area contributed by atoms with E-state index in [1.165, 1.54) is 0 Å². The molecule has 0 fully saturated rings. The molecular formula is C12H16O2. The number of rotatable bonds is 5. The van der Waals surface area contributed by atoms with E-state index in [0.717, 1.165) is 24.3 Å². The summed E-state index contributed by atoms with van der Waals surface area (Å²) < 4.78 is 5.44. The molecule has 14 heavy (non-hydrogen) atoms. The Kier molecular flexibility index (Phi) is 4.79. The van der Waals surface area contributed by atoms with Crippen LogP contribution in [0.2, 0.25) is 0 Å². The van der Waals surface area contributed by atoms with Gasteiger partial charge in [0.25, 0.3) is 0 Å². The van der Waals surface area contributed by atoms with Crippen molar-refractivity contribution in [2.45, 2.75) is 13.3 Å². The molecule has 76 valence electrons. The van der Waals surface area contributed by atoms with E-state index in [1.54, 1.807) is 6.08 Å². The van der Waals surface area contributed by atoms with Crippen LogP contribution in [0.5, 0.6) is 5.75 Å². The van der Waals surface area contributed by atoms with Crippen molar-refractivity contribution in [1.82, 2.24) is 0 Å². The highest BCUT2D eigenvalue weighted by atomic mass is 16.5. The molecule has 1 rings (SSSR count). The van der Waals surface area contributed by atoms with E-state index in [1.807, 2.05) is 30.3 Å². The van der Waals surface area contributed by atoms with Crippen molar-refractivity contribution in [2.24, 2.45) is 0 Å². The van der Waals surface area contributed by atoms with Gasteiger partial charge in [-0.15, -0.1) is 0 Å². The predicted octanol–water partition coefficient (Wildman–Crippen LogP) is 2.48. The van der Waals surface area contributed by atoms with E-state index in [4.69, 9.17) is 9.84 Å². The summed E-state index contributed by atoms with van der Waals surface area (Å²) in [5, 5.41) is 8.59. The van der Waals surface area contributed by atoms with Crippen LogP contribution in [0, 0.1) is 0 Å². The third-order valence-corrected chi connectivity index (χ3v) is 1.77. The highest BCUT2D eigenvalue weighted by Gasteiger charge is 1.91. The molecule has 0 aliphatic rings. The topological polar surface area (TPSA) is 29.5 Å². The maximum absolute atomic E-state index is 8.59. The summed E-state index contributed by atoms with van der Waals surface area (Å²) in [6, 6.07) is 7.81. The van der Waals surface area contributed by atoms with Crippen molar-refractivity contribution >= 4 is 6.08 Å². The van der Waals surface area contributed by atoms with Crippen molar-refractivity contribution in [2.75, 3.05) is 13.2 Å². The molecule has 0 amide bonds. The minimum absolute atomic E-state index is 0.0775. The molecule has 0 spiro atoms. The van der Waals surface area contributed by atoms with Crippen LogP contribution < -0.4 is 4.74 Å². The highest BCUT2D eigenvalue weighted by Crippen LogP contribution is 2.13. The van der Waals surface area contributed by atoms with Gasteiger partial charge in [-0.05, 0) is 24.1 Å². The molecule has 2 heteroatoms. The van der Waals surface area contributed by atoms with E-state index in [-0.39, 0.29) is 6.61 Å². The normalized spacial score (nSPS) is 10.7. The average Bonchev–Trinajstić information content (AvgIpc) is 2.25. The molecule has 0 aliphatic heterocycles. The van der Waals surface area contributed by atoms with Gasteiger partial charge < -0.3 is 9.84 Å². The molecule has 1 N–H and O–H groups in total. The molecule has 0 radical (unpaired) electrons. The minimum Gasteiger partial charge on any atom is -0.494 e. The molecular weight excluding hydrogens is 176 g/mol. The molecule has 0 saturated heterocycles. The van der Waals surface area contributed by atoms with Gasteiger partial charge in [-0.2, -0.15) is 0 Å². The zero-order valence-electron chi connectivity index (χ0n) is 8.44. The van der Waals surface area contributed by atoms with Gasteiger partial charge in [-0.3, -0.25) is 0 Å². The number of hydrogen-bond donors (Lipinski definition) is 1. The fourth-order valence-electron chi connectivity index (χ4n) is 1.08. The fraction of sp³-hybridized carbons (Fsp3) is 0.333. The molecule has 0 atom stereocenters. The van der Waals surface area contributed by atoms with Crippen LogP contribution in [0.1, 0.15) is 18.9 Å². The van der Waals surface area contributed by atoms with E-state index in [9.17, 15) is 0 Å². The lowest BCUT2D eigenvalue weighted by Crippen LogP contribution is -1.94. The molecule has 0 heterocycles. The van der Waals surface area contributed by atoms with Gasteiger partial charge in [0.15, 0.2) is 0 Å². The van der Waals surface area contributed by atoms with Crippen molar-refractivity contribution in [3.63, 3.8) is 0 Å². The standard InChI is InChI=1S/C12H16O2/c1-2-10-14-12-7-5-11(6-8-12)4-3-9-13/h3-8,13H,2,9-10H2,1H3/b4-3+. The number of benzene rings is 1. The van der Waals surface area contributed by atoms with Gasteiger partial charge in [0, 0.05) is 0 Å². The van der Waals surface area contributed by atoms with Gasteiger partial charge >= 0.3 is 0 Å². The Bertz CT molecular complexity index is 275. The average molecular weight is 192 g/mol. The quantitative estimate of drug-likeness (QED) is 0.776. The first-order chi connectivity index (χ1) is 6.86. The second kappa shape index (κ2) is 6.22. The molecule has 0 bridgehead atoms. The van der Waals surface area contributed by atoms with E-state index in [0.29, 0.717) is 0 Å². The molecule has 0 unspecified atom stereocenters. The van der Waals surface area contributed by atoms with Gasteiger partial charge in [-0.25, -0.2) is 0 Å². The third-order valence-electron chi connectivity index (χ3n) is 1.77. The van der Waals surface area contributed by atoms with Gasteiger partial charge in [0.05, 0.1) is 13.2 Å². The first-order valence-corrected chi connectivity index (χ1v) is 4.87. The third kappa shape index (κ3) is 3.62. The van der Waals surface area contributed by atoms with E-state index < -0.39 is 0 Å². The summed E-state index contributed by atoms with van der Waals surface area (Å²) in [5.74, 6) is 0.896. The maximum Gasteiger partial charge on any atom is 0.119 e. The molecule has 0 aromatic heterocycles. The lowest BCUT2D eigenvalue weighted by atomic mass is 10.2. The minimum atomic E-state index is 0.0775. The Labute approximate surface area is 84.8 Å². The number of ether oxygens (including phenoxy) is 1. The SMILES string of the molecule is CCCOc1ccc(/C=C/CO)cc1. The fourth-order valence-corrected chi connectivity index (χ4v) is 1.08. The molecule has 1 aromatic carbocycles. The Balaban J connectivity index is 2.54. The Morgan fingerprint density at radius 2 is 2.00 bits per heavy atom. The molecule has 2 nitrogen and oxygen atoms in total. The van der Waals surface area contributed by atoms with Crippen LogP contribution in [-0.2, 0) is 0 Å². The molecule has 0 aliphatic carbocycles. The lowest BCUT2D eigenvalue weighted by Gasteiger charge is -2.03. The van der Waals surface area contributed by atoms with Crippen LogP contribution in [-0.4, -0.2) is 18.3 Å². The second-order valence-electron chi connectivity index (χ2n) is 3.00. The van der Waals surface area contributed by atoms with Crippen LogP contribution in [0.3, 0.4) is 0 Å². The Morgan fingerprint density at radius 1 is 1.29 bits per heavy atom. The summed E-state index contributed by atoms with van der Waals surface area (Å²) >= 11 is 0. The van der Waals surface area contributed by atoms with Crippen LogP contribution in [0.4, 0.5) is 0 Å². The van der Waals surface area contributed by atoms with Crippen molar-refractivity contribution in [3.05, 3.63) is 35.9 Å². The largest absolute Gasteiger partial charge is 0.494 e. The monoisotopic (exact) mass is 192 g/mol. The summed E-state index contributed by atoms with van der Waals surface area (Å²) in [6.07, 6.45) is 4.61. The van der Waals surface area contributed by atoms with Crippen molar-refractivity contribution in [1.29, 1.82) is 0 Å². The predicted molar refractivity (Wildman–Crippen MR) is 58.3 cm³/mol. The Morgan fingerprint density at radius 3 is 2.57 bits per heavy atom. The van der Waals surface area contributed by atoms with Gasteiger partial charge in [-0.1, -0.05) is 31.2 Å². The molecule has 1 aromatic rings. The van der Waals surface area contributed by atoms with Gasteiger partial charge in [0.1, 0.15) is 5.75 Å². The van der Waals surface area contributed by atoms with Crippen LogP contribution in [0.15, 0.2) is 30.3 Å². The smallest absolute Gasteiger partial charge is 0.119 e. The zero-order chi connectivity index (χ0) is 10.2. The summed E-state index contributed by atoms with van der Waals surface area (Å²) in [5.41, 5.74) is 1.07. The Hall–Kier alpha value is -1.28. The van der Waals surface area contributed by atoms with Crippen LogP contribution in [0.25, 0.3) is 6.08 Å². The second-order valence-corrected chi connectivity index (χ2v) is 3.00. The molecule has 0 saturated carbocycles. The summed E-state index contributed by atoms with van der Waals surface area (Å²) in [6.45, 7) is 2.91. The first kappa shape index (κ1) is 10.8. The number of hydrogen-bond acceptors (Lipinski definition) is 2. The first-order valence-electron chi connectivity index (χ1n) is 4.87. The summed E-state index contributed by atoms with van der Waals surface area (Å²) in [4.78, 5) is 0. The van der Waals surface area contributed by atoms with Crippen molar-refractivity contribution in [3.8, 4) is 5.75 Å². The van der Waals surface area contributed by atoms with Crippen LogP contribution >= 0.6 is 0 Å². The summed E-state index contributed by atoms with van der Waals surface area (Å²) in [7, 11) is 0. The number of aliphatic hydroxyl groups excluding tert-OH is 1. The highest BCUT2D eigenvalue weighted by molar-refractivity contribution is 5.50.